The Balaban J connectivity index is 2.83. The molecule has 0 saturated carbocycles. The number of sulfonamides is 1. The highest BCUT2D eigenvalue weighted by molar-refractivity contribution is 7.89. The molecule has 0 heterocycles. The molecule has 0 aliphatic rings. The van der Waals surface area contributed by atoms with Crippen LogP contribution in [0.25, 0.3) is 0 Å². The van der Waals surface area contributed by atoms with E-state index in [0.29, 0.717) is 6.42 Å². The fourth-order valence-electron chi connectivity index (χ4n) is 1.44. The van der Waals surface area contributed by atoms with Crippen molar-refractivity contribution in [3.63, 3.8) is 0 Å². The van der Waals surface area contributed by atoms with Crippen LogP contribution in [0.2, 0.25) is 0 Å². The van der Waals surface area contributed by atoms with Crippen LogP contribution in [0.4, 0.5) is 10.1 Å². The lowest BCUT2D eigenvalue weighted by Gasteiger charge is -2.12. The van der Waals surface area contributed by atoms with Gasteiger partial charge in [-0.15, -0.1) is 0 Å². The monoisotopic (exact) mass is 276 g/mol. The van der Waals surface area contributed by atoms with Gasteiger partial charge in [-0.3, -0.25) is 0 Å². The molecular formula is C11H17FN2O3S. The third kappa shape index (κ3) is 3.94. The zero-order chi connectivity index (χ0) is 13.8. The minimum Gasteiger partial charge on any atom is -0.399 e. The first-order valence-electron chi connectivity index (χ1n) is 5.59. The first-order valence-corrected chi connectivity index (χ1v) is 7.08. The summed E-state index contributed by atoms with van der Waals surface area (Å²) >= 11 is 0. The molecule has 18 heavy (non-hydrogen) atoms. The third-order valence-corrected chi connectivity index (χ3v) is 3.81. The predicted molar refractivity (Wildman–Crippen MR) is 66.9 cm³/mol. The molecule has 0 saturated heterocycles. The second-order valence-electron chi connectivity index (χ2n) is 3.98. The van der Waals surface area contributed by atoms with Crippen LogP contribution >= 0.6 is 0 Å². The number of benzene rings is 1. The maximum absolute atomic E-state index is 13.4. The van der Waals surface area contributed by atoms with Crippen LogP contribution in [-0.2, 0) is 10.0 Å². The van der Waals surface area contributed by atoms with Gasteiger partial charge < -0.3 is 10.8 Å². The Morgan fingerprint density at radius 3 is 2.78 bits per heavy atom. The van der Waals surface area contributed by atoms with E-state index >= 15 is 0 Å². The lowest BCUT2D eigenvalue weighted by Crippen LogP contribution is -2.32. The van der Waals surface area contributed by atoms with Crippen LogP contribution in [0.1, 0.15) is 19.8 Å². The average molecular weight is 276 g/mol. The Morgan fingerprint density at radius 1 is 1.50 bits per heavy atom. The topological polar surface area (TPSA) is 92.4 Å². The molecule has 1 aromatic rings. The molecule has 0 radical (unpaired) electrons. The van der Waals surface area contributed by atoms with Gasteiger partial charge in [-0.25, -0.2) is 17.5 Å². The summed E-state index contributed by atoms with van der Waals surface area (Å²) in [5.74, 6) is -0.873. The van der Waals surface area contributed by atoms with E-state index in [1.54, 1.807) is 0 Å². The van der Waals surface area contributed by atoms with Crippen molar-refractivity contribution < 1.29 is 17.9 Å². The van der Waals surface area contributed by atoms with Crippen molar-refractivity contribution in [2.24, 2.45) is 0 Å². The summed E-state index contributed by atoms with van der Waals surface area (Å²) in [6.45, 7) is 1.72. The van der Waals surface area contributed by atoms with E-state index in [1.165, 1.54) is 6.07 Å². The van der Waals surface area contributed by atoms with E-state index < -0.39 is 26.8 Å². The molecule has 1 unspecified atom stereocenters. The standard InChI is InChI=1S/C11H17FN2O3S/c1-2-3-9(15)7-14-18(16,17)11-6-8(13)4-5-10(11)12/h4-6,9,14-15H,2-3,7,13H2,1H3. The van der Waals surface area contributed by atoms with Crippen LogP contribution in [0.3, 0.4) is 0 Å². The van der Waals surface area contributed by atoms with Crippen molar-refractivity contribution >= 4 is 15.7 Å². The summed E-state index contributed by atoms with van der Waals surface area (Å²) in [5.41, 5.74) is 5.58. The highest BCUT2D eigenvalue weighted by Crippen LogP contribution is 2.17. The van der Waals surface area contributed by atoms with E-state index in [2.05, 4.69) is 4.72 Å². The molecular weight excluding hydrogens is 259 g/mol. The van der Waals surface area contributed by atoms with Gasteiger partial charge in [0.25, 0.3) is 0 Å². The number of nitrogens with one attached hydrogen (secondary N) is 1. The van der Waals surface area contributed by atoms with E-state index in [4.69, 9.17) is 5.73 Å². The molecule has 5 nitrogen and oxygen atoms in total. The van der Waals surface area contributed by atoms with Crippen molar-refractivity contribution in [3.05, 3.63) is 24.0 Å². The van der Waals surface area contributed by atoms with Gasteiger partial charge in [0.05, 0.1) is 6.10 Å². The van der Waals surface area contributed by atoms with Gasteiger partial charge in [-0.1, -0.05) is 13.3 Å². The molecule has 102 valence electrons. The Kier molecular flexibility index (Phi) is 5.06. The Morgan fingerprint density at radius 2 is 2.17 bits per heavy atom. The van der Waals surface area contributed by atoms with Crippen molar-refractivity contribution in [1.82, 2.24) is 4.72 Å². The summed E-state index contributed by atoms with van der Waals surface area (Å²) in [4.78, 5) is -0.508. The molecule has 0 fully saturated rings. The molecule has 7 heteroatoms. The summed E-state index contributed by atoms with van der Waals surface area (Å²) in [6.07, 6.45) is 0.422. The average Bonchev–Trinajstić information content (AvgIpc) is 2.30. The first-order chi connectivity index (χ1) is 8.36. The predicted octanol–water partition coefficient (Wildman–Crippen LogP) is 0.847. The van der Waals surface area contributed by atoms with Crippen molar-refractivity contribution in [2.45, 2.75) is 30.8 Å². The zero-order valence-electron chi connectivity index (χ0n) is 10.1. The lowest BCUT2D eigenvalue weighted by molar-refractivity contribution is 0.167. The minimum absolute atomic E-state index is 0.148. The maximum Gasteiger partial charge on any atom is 0.243 e. The van der Waals surface area contributed by atoms with Gasteiger partial charge in [-0.05, 0) is 24.6 Å². The first kappa shape index (κ1) is 14.9. The molecule has 0 bridgehead atoms. The fraction of sp³-hybridized carbons (Fsp3) is 0.455. The second-order valence-corrected chi connectivity index (χ2v) is 5.72. The smallest absolute Gasteiger partial charge is 0.243 e. The Labute approximate surface area is 106 Å². The number of aliphatic hydroxyl groups excluding tert-OH is 1. The van der Waals surface area contributed by atoms with Gasteiger partial charge in [0.15, 0.2) is 0 Å². The second kappa shape index (κ2) is 6.12. The van der Waals surface area contributed by atoms with E-state index in [-0.39, 0.29) is 12.2 Å². The zero-order valence-corrected chi connectivity index (χ0v) is 10.9. The number of aliphatic hydroxyl groups is 1. The highest BCUT2D eigenvalue weighted by atomic mass is 32.2. The Bertz CT molecular complexity index is 505. The SMILES string of the molecule is CCCC(O)CNS(=O)(=O)c1cc(N)ccc1F. The number of nitrogen functional groups attached to an aromatic ring is 1. The van der Waals surface area contributed by atoms with Crippen LogP contribution in [0, 0.1) is 5.82 Å². The summed E-state index contributed by atoms with van der Waals surface area (Å²) in [5, 5.41) is 9.44. The number of anilines is 1. The van der Waals surface area contributed by atoms with E-state index in [9.17, 15) is 17.9 Å². The van der Waals surface area contributed by atoms with Gasteiger partial charge in [0, 0.05) is 12.2 Å². The quantitative estimate of drug-likeness (QED) is 0.671. The molecule has 1 aromatic carbocycles. The molecule has 0 aliphatic carbocycles. The Hall–Kier alpha value is -1.18. The highest BCUT2D eigenvalue weighted by Gasteiger charge is 2.20. The van der Waals surface area contributed by atoms with Crippen molar-refractivity contribution in [1.29, 1.82) is 0 Å². The summed E-state index contributed by atoms with van der Waals surface area (Å²) in [7, 11) is -3.99. The number of hydrogen-bond donors (Lipinski definition) is 3. The van der Waals surface area contributed by atoms with Gasteiger partial charge >= 0.3 is 0 Å². The normalized spacial score (nSPS) is 13.5. The third-order valence-electron chi connectivity index (χ3n) is 2.38. The minimum atomic E-state index is -3.99. The molecule has 0 amide bonds. The molecule has 0 aromatic heterocycles. The van der Waals surface area contributed by atoms with Crippen molar-refractivity contribution in [3.8, 4) is 0 Å². The van der Waals surface area contributed by atoms with Gasteiger partial charge in [0.1, 0.15) is 10.7 Å². The van der Waals surface area contributed by atoms with Gasteiger partial charge in [-0.2, -0.15) is 0 Å². The number of hydrogen-bond acceptors (Lipinski definition) is 4. The maximum atomic E-state index is 13.4. The fourth-order valence-corrected chi connectivity index (χ4v) is 2.63. The van der Waals surface area contributed by atoms with Crippen LogP contribution < -0.4 is 10.5 Å². The number of nitrogens with two attached hydrogens (primary N) is 1. The molecule has 1 rings (SSSR count). The van der Waals surface area contributed by atoms with Crippen LogP contribution in [-0.4, -0.2) is 26.2 Å². The van der Waals surface area contributed by atoms with Crippen molar-refractivity contribution in [2.75, 3.05) is 12.3 Å². The van der Waals surface area contributed by atoms with E-state index in [0.717, 1.165) is 18.6 Å². The lowest BCUT2D eigenvalue weighted by atomic mass is 10.2. The number of halogens is 1. The number of rotatable bonds is 6. The van der Waals surface area contributed by atoms with Crippen LogP contribution in [0.5, 0.6) is 0 Å². The summed E-state index contributed by atoms with van der Waals surface area (Å²) < 4.78 is 39.1. The van der Waals surface area contributed by atoms with Gasteiger partial charge in [0.2, 0.25) is 10.0 Å². The molecule has 0 aliphatic heterocycles. The van der Waals surface area contributed by atoms with Crippen LogP contribution in [0.15, 0.2) is 23.1 Å². The summed E-state index contributed by atoms with van der Waals surface area (Å²) in [6, 6.07) is 3.32. The molecule has 4 N–H and O–H groups in total. The molecule has 0 spiro atoms. The van der Waals surface area contributed by atoms with E-state index in [1.807, 2.05) is 6.92 Å². The largest absolute Gasteiger partial charge is 0.399 e. The molecule has 1 atom stereocenters.